The number of hydrogen-bond donors (Lipinski definition) is 0. The fourth-order valence-electron chi connectivity index (χ4n) is 5.73. The maximum atomic E-state index is 15.0. The molecule has 1 saturated carbocycles. The average Bonchev–Trinajstić information content (AvgIpc) is 3.36. The lowest BCUT2D eigenvalue weighted by molar-refractivity contribution is -0.126. The first-order valence-corrected chi connectivity index (χ1v) is 12.6. The molecule has 2 fully saturated rings. The van der Waals surface area contributed by atoms with Crippen LogP contribution in [0.4, 0.5) is 32.0 Å². The van der Waals surface area contributed by atoms with E-state index in [-0.39, 0.29) is 35.5 Å². The second-order valence-electron chi connectivity index (χ2n) is 10.6. The van der Waals surface area contributed by atoms with Gasteiger partial charge in [-0.15, -0.1) is 10.2 Å². The van der Waals surface area contributed by atoms with Gasteiger partial charge in [0.2, 0.25) is 0 Å². The molecule has 4 heterocycles. The van der Waals surface area contributed by atoms with Gasteiger partial charge in [-0.3, -0.25) is 4.90 Å². The van der Waals surface area contributed by atoms with Crippen LogP contribution in [0, 0.1) is 11.7 Å². The zero-order chi connectivity index (χ0) is 27.7. The topological polar surface area (TPSA) is 40.4 Å². The van der Waals surface area contributed by atoms with Crippen molar-refractivity contribution < 1.29 is 26.3 Å². The number of alkyl halides is 5. The summed E-state index contributed by atoms with van der Waals surface area (Å²) in [6, 6.07) is 4.44. The monoisotopic (exact) mass is 548 g/mol. The van der Waals surface area contributed by atoms with Crippen LogP contribution >= 0.6 is 0 Å². The molecule has 1 atom stereocenters. The van der Waals surface area contributed by atoms with Crippen LogP contribution in [-0.2, 0) is 7.05 Å². The number of nitrogens with zero attached hydrogens (tertiary/aromatic N) is 6. The van der Waals surface area contributed by atoms with Gasteiger partial charge in [0.05, 0.1) is 30.0 Å². The normalized spacial score (nSPS) is 22.1. The van der Waals surface area contributed by atoms with Gasteiger partial charge >= 0.3 is 6.18 Å². The van der Waals surface area contributed by atoms with Crippen molar-refractivity contribution in [3.8, 4) is 0 Å². The number of anilines is 1. The van der Waals surface area contributed by atoms with Crippen molar-refractivity contribution in [2.24, 2.45) is 13.0 Å². The van der Waals surface area contributed by atoms with Crippen LogP contribution in [0.15, 0.2) is 72.2 Å². The number of aromatic nitrogens is 3. The molecule has 0 amide bonds. The number of halogens is 6. The first-order valence-electron chi connectivity index (χ1n) is 12.6. The van der Waals surface area contributed by atoms with Gasteiger partial charge in [0.25, 0.3) is 5.92 Å². The van der Waals surface area contributed by atoms with Crippen molar-refractivity contribution in [2.45, 2.75) is 37.3 Å². The van der Waals surface area contributed by atoms with Gasteiger partial charge in [0.1, 0.15) is 23.8 Å². The summed E-state index contributed by atoms with van der Waals surface area (Å²) < 4.78 is 85.8. The van der Waals surface area contributed by atoms with Crippen molar-refractivity contribution in [3.05, 3.63) is 89.5 Å². The van der Waals surface area contributed by atoms with Crippen LogP contribution in [0.2, 0.25) is 0 Å². The van der Waals surface area contributed by atoms with E-state index in [0.29, 0.717) is 17.1 Å². The maximum absolute atomic E-state index is 15.0. The summed E-state index contributed by atoms with van der Waals surface area (Å²) in [6.07, 6.45) is 3.58. The third kappa shape index (κ3) is 4.64. The van der Waals surface area contributed by atoms with Crippen molar-refractivity contribution in [1.29, 1.82) is 0 Å². The Morgan fingerprint density at radius 3 is 2.44 bits per heavy atom. The Labute approximate surface area is 221 Å². The van der Waals surface area contributed by atoms with E-state index in [4.69, 9.17) is 0 Å². The minimum absolute atomic E-state index is 0.0584. The van der Waals surface area contributed by atoms with E-state index in [9.17, 15) is 22.0 Å². The van der Waals surface area contributed by atoms with Crippen LogP contribution in [0.3, 0.4) is 0 Å². The van der Waals surface area contributed by atoms with Gasteiger partial charge in [-0.1, -0.05) is 13.0 Å². The SMILES string of the molecule is C=C1N2C=C(CN3CC(F)(F)C3)C=C(C(F)(F)F)C2=CN1c1cc(F)cc(C(c2nncn2C)C2CCC2)c1. The molecular formula is C27H26F6N6. The summed E-state index contributed by atoms with van der Waals surface area (Å²) in [7, 11) is 1.82. The van der Waals surface area contributed by atoms with E-state index in [0.717, 1.165) is 25.3 Å². The van der Waals surface area contributed by atoms with Crippen LogP contribution in [-0.4, -0.2) is 56.3 Å². The van der Waals surface area contributed by atoms with E-state index < -0.39 is 36.6 Å². The fourth-order valence-corrected chi connectivity index (χ4v) is 5.73. The highest BCUT2D eigenvalue weighted by atomic mass is 19.4. The zero-order valence-electron chi connectivity index (χ0n) is 21.1. The highest BCUT2D eigenvalue weighted by Crippen LogP contribution is 2.46. The average molecular weight is 549 g/mol. The first-order chi connectivity index (χ1) is 18.4. The lowest BCUT2D eigenvalue weighted by Crippen LogP contribution is -2.56. The summed E-state index contributed by atoms with van der Waals surface area (Å²) in [5.74, 6) is -2.48. The van der Waals surface area contributed by atoms with E-state index in [1.807, 2.05) is 7.05 Å². The molecule has 0 radical (unpaired) electrons. The summed E-state index contributed by atoms with van der Waals surface area (Å²) in [5.41, 5.74) is 0.120. The molecule has 1 aromatic carbocycles. The van der Waals surface area contributed by atoms with E-state index in [1.54, 1.807) is 17.0 Å². The van der Waals surface area contributed by atoms with Gasteiger partial charge in [-0.05, 0) is 54.2 Å². The molecule has 1 aliphatic carbocycles. The van der Waals surface area contributed by atoms with Crippen molar-refractivity contribution in [1.82, 2.24) is 24.6 Å². The van der Waals surface area contributed by atoms with Gasteiger partial charge in [-0.2, -0.15) is 13.2 Å². The molecule has 3 aliphatic heterocycles. The number of benzene rings is 1. The standard InChI is InChI=1S/C27H26F6N6/c1-16-38(12-23-22(27(31,32)33)6-17(11-39(16)23)10-37-13-26(29,30)14-37)21-8-19(7-20(28)9-21)24(18-4-3-5-18)25-35-34-15-36(25)2/h6-9,11-12,15,18,24H,1,3-5,10,13-14H2,2H3. The highest BCUT2D eigenvalue weighted by Gasteiger charge is 2.46. The molecule has 206 valence electrons. The summed E-state index contributed by atoms with van der Waals surface area (Å²) in [4.78, 5) is 4.09. The van der Waals surface area contributed by atoms with Crippen molar-refractivity contribution in [2.75, 3.05) is 24.5 Å². The minimum atomic E-state index is -4.70. The highest BCUT2D eigenvalue weighted by molar-refractivity contribution is 5.64. The molecule has 1 unspecified atom stereocenters. The quantitative estimate of drug-likeness (QED) is 0.436. The molecule has 0 N–H and O–H groups in total. The van der Waals surface area contributed by atoms with Gasteiger partial charge in [0, 0.05) is 31.9 Å². The van der Waals surface area contributed by atoms with Gasteiger partial charge < -0.3 is 14.4 Å². The molecule has 1 saturated heterocycles. The van der Waals surface area contributed by atoms with Crippen LogP contribution in [0.1, 0.15) is 36.6 Å². The number of aryl methyl sites for hydroxylation is 1. The Bertz CT molecular complexity index is 1410. The largest absolute Gasteiger partial charge is 0.418 e. The molecule has 1 aromatic heterocycles. The molecule has 2 aromatic rings. The fraction of sp³-hybridized carbons (Fsp3) is 0.407. The Hall–Kier alpha value is -3.54. The van der Waals surface area contributed by atoms with Crippen LogP contribution in [0.5, 0.6) is 0 Å². The Morgan fingerprint density at radius 1 is 1.10 bits per heavy atom. The summed E-state index contributed by atoms with van der Waals surface area (Å²) in [6.45, 7) is 2.92. The predicted molar refractivity (Wildman–Crippen MR) is 132 cm³/mol. The van der Waals surface area contributed by atoms with Crippen molar-refractivity contribution >= 4 is 5.69 Å². The smallest absolute Gasteiger partial charge is 0.320 e. The third-order valence-corrected chi connectivity index (χ3v) is 7.78. The molecule has 4 aliphatic rings. The van der Waals surface area contributed by atoms with E-state index in [2.05, 4.69) is 16.8 Å². The van der Waals surface area contributed by atoms with Gasteiger partial charge in [-0.25, -0.2) is 13.2 Å². The Kier molecular flexibility index (Phi) is 5.94. The molecule has 0 bridgehead atoms. The van der Waals surface area contributed by atoms with Crippen LogP contribution in [0.25, 0.3) is 0 Å². The molecular weight excluding hydrogens is 522 g/mol. The second kappa shape index (κ2) is 9.00. The molecule has 6 nitrogen and oxygen atoms in total. The second-order valence-corrected chi connectivity index (χ2v) is 10.6. The number of rotatable bonds is 6. The molecule has 0 spiro atoms. The third-order valence-electron chi connectivity index (χ3n) is 7.78. The Morgan fingerprint density at radius 2 is 1.85 bits per heavy atom. The number of hydrogen-bond acceptors (Lipinski definition) is 5. The lowest BCUT2D eigenvalue weighted by Gasteiger charge is -2.39. The molecule has 12 heteroatoms. The number of fused-ring (bicyclic) bond motifs is 1. The predicted octanol–water partition coefficient (Wildman–Crippen LogP) is 5.66. The van der Waals surface area contributed by atoms with E-state index in [1.165, 1.54) is 39.2 Å². The minimum Gasteiger partial charge on any atom is -0.320 e. The van der Waals surface area contributed by atoms with E-state index >= 15 is 4.39 Å². The number of likely N-dealkylation sites (tertiary alicyclic amines) is 1. The Balaban J connectivity index is 1.35. The number of allylic oxidation sites excluding steroid dienone is 1. The maximum Gasteiger partial charge on any atom is 0.418 e. The van der Waals surface area contributed by atoms with Gasteiger partial charge in [0.15, 0.2) is 0 Å². The lowest BCUT2D eigenvalue weighted by atomic mass is 9.72. The zero-order valence-corrected chi connectivity index (χ0v) is 21.1. The molecule has 6 rings (SSSR count). The summed E-state index contributed by atoms with van der Waals surface area (Å²) >= 11 is 0. The first kappa shape index (κ1) is 25.7. The molecule has 39 heavy (non-hydrogen) atoms. The van der Waals surface area contributed by atoms with Crippen LogP contribution < -0.4 is 4.90 Å². The van der Waals surface area contributed by atoms with Crippen molar-refractivity contribution in [3.63, 3.8) is 0 Å². The summed E-state index contributed by atoms with van der Waals surface area (Å²) in [5, 5.41) is 8.25.